The van der Waals surface area contributed by atoms with Crippen LogP contribution in [0, 0.1) is 11.8 Å². The van der Waals surface area contributed by atoms with Crippen LogP contribution in [0.25, 0.3) is 0 Å². The first-order valence-corrected chi connectivity index (χ1v) is 5.16. The van der Waals surface area contributed by atoms with Crippen molar-refractivity contribution in [3.05, 3.63) is 0 Å². The molecule has 1 aliphatic carbocycles. The number of likely N-dealkylation sites (tertiary alicyclic amines) is 1. The largest absolute Gasteiger partial charge is 0.300 e. The van der Waals surface area contributed by atoms with Crippen molar-refractivity contribution in [1.29, 1.82) is 0 Å². The summed E-state index contributed by atoms with van der Waals surface area (Å²) in [4.78, 5) is 2.66. The number of nitrogens with zero attached hydrogens (tertiary/aromatic N) is 1. The Hall–Kier alpha value is -0.480. The van der Waals surface area contributed by atoms with Crippen molar-refractivity contribution in [3.63, 3.8) is 0 Å². The summed E-state index contributed by atoms with van der Waals surface area (Å²) in [6, 6.07) is 0.843. The molecule has 1 heterocycles. The second-order valence-corrected chi connectivity index (χ2v) is 3.83. The first-order chi connectivity index (χ1) is 5.97. The van der Waals surface area contributed by atoms with Gasteiger partial charge in [-0.1, -0.05) is 0 Å². The van der Waals surface area contributed by atoms with E-state index in [1.165, 1.54) is 38.8 Å². The van der Waals surface area contributed by atoms with Gasteiger partial charge in [0.2, 0.25) is 0 Å². The monoisotopic (exact) mass is 163 g/mol. The Balaban J connectivity index is 1.86. The molecule has 66 valence electrons. The summed E-state index contributed by atoms with van der Waals surface area (Å²) >= 11 is 0. The Morgan fingerprint density at radius 2 is 1.50 bits per heavy atom. The van der Waals surface area contributed by atoms with Crippen LogP contribution in [0.4, 0.5) is 0 Å². The number of hydrogen-bond acceptors (Lipinski definition) is 1. The minimum atomic E-state index is 0.843. The molecule has 0 N–H and O–H groups in total. The van der Waals surface area contributed by atoms with Crippen molar-refractivity contribution < 1.29 is 0 Å². The normalized spacial score (nSPS) is 26.3. The molecule has 0 aromatic heterocycles. The Morgan fingerprint density at radius 3 is 2.08 bits per heavy atom. The number of hydrogen-bond donors (Lipinski definition) is 0. The van der Waals surface area contributed by atoms with Crippen LogP contribution in [0.3, 0.4) is 0 Å². The van der Waals surface area contributed by atoms with Gasteiger partial charge in [-0.25, -0.2) is 0 Å². The lowest BCUT2D eigenvalue weighted by atomic mass is 10.1. The molecule has 0 aromatic carbocycles. The van der Waals surface area contributed by atoms with Gasteiger partial charge in [-0.05, 0) is 38.8 Å². The van der Waals surface area contributed by atoms with E-state index in [2.05, 4.69) is 16.7 Å². The van der Waals surface area contributed by atoms with Gasteiger partial charge in [0.25, 0.3) is 0 Å². The van der Waals surface area contributed by atoms with Gasteiger partial charge < -0.3 is 4.90 Å². The Morgan fingerprint density at radius 1 is 0.917 bits per heavy atom. The average molecular weight is 163 g/mol. The molecule has 1 fully saturated rings. The van der Waals surface area contributed by atoms with Crippen LogP contribution in [-0.4, -0.2) is 24.0 Å². The van der Waals surface area contributed by atoms with Gasteiger partial charge in [0.05, 0.1) is 0 Å². The van der Waals surface area contributed by atoms with Crippen molar-refractivity contribution in [3.8, 4) is 11.8 Å². The highest BCUT2D eigenvalue weighted by molar-refractivity contribution is 5.03. The quantitative estimate of drug-likeness (QED) is 0.535. The predicted octanol–water partition coefficient (Wildman–Crippen LogP) is 2.03. The summed E-state index contributed by atoms with van der Waals surface area (Å²) in [5, 5.41) is 0. The molecule has 0 atom stereocenters. The summed E-state index contributed by atoms with van der Waals surface area (Å²) in [5.74, 6) is 6.45. The van der Waals surface area contributed by atoms with Gasteiger partial charge in [-0.2, -0.15) is 0 Å². The molecule has 1 aliphatic heterocycles. The fourth-order valence-corrected chi connectivity index (χ4v) is 2.27. The van der Waals surface area contributed by atoms with E-state index in [0.717, 1.165) is 18.9 Å². The molecular formula is C11H17N. The topological polar surface area (TPSA) is 3.24 Å². The number of rotatable bonds is 1. The maximum Gasteiger partial charge on any atom is 0.0113 e. The van der Waals surface area contributed by atoms with E-state index in [1.54, 1.807) is 0 Å². The lowest BCUT2D eigenvalue weighted by Crippen LogP contribution is -2.32. The maximum absolute atomic E-state index is 3.22. The Labute approximate surface area is 75.1 Å². The van der Waals surface area contributed by atoms with Gasteiger partial charge in [-0.3, -0.25) is 0 Å². The average Bonchev–Trinajstić information content (AvgIpc) is 2.48. The third kappa shape index (κ3) is 1.81. The zero-order valence-electron chi connectivity index (χ0n) is 7.68. The van der Waals surface area contributed by atoms with Crippen LogP contribution in [-0.2, 0) is 0 Å². The molecule has 0 spiro atoms. The van der Waals surface area contributed by atoms with Crippen LogP contribution in [0.2, 0.25) is 0 Å². The van der Waals surface area contributed by atoms with Crippen molar-refractivity contribution in [2.75, 3.05) is 13.1 Å². The van der Waals surface area contributed by atoms with Crippen molar-refractivity contribution >= 4 is 0 Å². The molecule has 1 nitrogen and oxygen atoms in total. The maximum atomic E-state index is 3.22. The summed E-state index contributed by atoms with van der Waals surface area (Å²) in [5.41, 5.74) is 0. The van der Waals surface area contributed by atoms with E-state index in [0.29, 0.717) is 0 Å². The van der Waals surface area contributed by atoms with E-state index in [9.17, 15) is 0 Å². The zero-order valence-corrected chi connectivity index (χ0v) is 7.68. The van der Waals surface area contributed by atoms with Gasteiger partial charge in [0.15, 0.2) is 0 Å². The molecule has 2 aliphatic rings. The van der Waals surface area contributed by atoms with E-state index in [1.807, 2.05) is 0 Å². The third-order valence-electron chi connectivity index (χ3n) is 2.99. The van der Waals surface area contributed by atoms with Crippen molar-refractivity contribution in [1.82, 2.24) is 4.90 Å². The van der Waals surface area contributed by atoms with Crippen LogP contribution < -0.4 is 0 Å². The van der Waals surface area contributed by atoms with Crippen LogP contribution in [0.5, 0.6) is 0 Å². The first kappa shape index (κ1) is 8.13. The molecule has 0 bridgehead atoms. The Kier molecular flexibility index (Phi) is 2.68. The van der Waals surface area contributed by atoms with Crippen LogP contribution in [0.15, 0.2) is 0 Å². The third-order valence-corrected chi connectivity index (χ3v) is 2.99. The molecule has 0 unspecified atom stereocenters. The van der Waals surface area contributed by atoms with Crippen LogP contribution in [0.1, 0.15) is 38.5 Å². The zero-order chi connectivity index (χ0) is 8.23. The summed E-state index contributed by atoms with van der Waals surface area (Å²) in [6.45, 7) is 2.68. The van der Waals surface area contributed by atoms with Crippen LogP contribution >= 0.6 is 0 Å². The lowest BCUT2D eigenvalue weighted by Gasteiger charge is -2.25. The van der Waals surface area contributed by atoms with Crippen molar-refractivity contribution in [2.45, 2.75) is 44.6 Å². The lowest BCUT2D eigenvalue weighted by molar-refractivity contribution is 0.223. The smallest absolute Gasteiger partial charge is 0.0113 e. The molecule has 2 rings (SSSR count). The Bertz CT molecular complexity index is 181. The minimum absolute atomic E-state index is 0.843. The van der Waals surface area contributed by atoms with E-state index < -0.39 is 0 Å². The standard InChI is InChI=1S/C11H17N/c1-2-4-8-11(7-3-1)12-9-5-6-10-12/h11H,3-10H2. The molecule has 1 heteroatoms. The fourth-order valence-electron chi connectivity index (χ4n) is 2.27. The van der Waals surface area contributed by atoms with Gasteiger partial charge in [0.1, 0.15) is 0 Å². The molecule has 0 radical (unpaired) electrons. The molecule has 0 aromatic rings. The van der Waals surface area contributed by atoms with E-state index >= 15 is 0 Å². The molecule has 0 amide bonds. The van der Waals surface area contributed by atoms with Gasteiger partial charge in [0, 0.05) is 18.9 Å². The van der Waals surface area contributed by atoms with Crippen molar-refractivity contribution in [2.24, 2.45) is 0 Å². The van der Waals surface area contributed by atoms with E-state index in [4.69, 9.17) is 0 Å². The molecular weight excluding hydrogens is 146 g/mol. The molecule has 1 saturated heterocycles. The second kappa shape index (κ2) is 3.96. The summed E-state index contributed by atoms with van der Waals surface area (Å²) in [7, 11) is 0. The van der Waals surface area contributed by atoms with Gasteiger partial charge >= 0.3 is 0 Å². The predicted molar refractivity (Wildman–Crippen MR) is 50.8 cm³/mol. The highest BCUT2D eigenvalue weighted by Crippen LogP contribution is 2.20. The summed E-state index contributed by atoms with van der Waals surface area (Å²) < 4.78 is 0. The highest BCUT2D eigenvalue weighted by Gasteiger charge is 2.21. The molecule has 12 heavy (non-hydrogen) atoms. The minimum Gasteiger partial charge on any atom is -0.300 e. The second-order valence-electron chi connectivity index (χ2n) is 3.83. The summed E-state index contributed by atoms with van der Waals surface area (Å²) in [6.07, 6.45) is 7.71. The highest BCUT2D eigenvalue weighted by atomic mass is 15.2. The fraction of sp³-hybridized carbons (Fsp3) is 0.818. The van der Waals surface area contributed by atoms with E-state index in [-0.39, 0.29) is 0 Å². The SMILES string of the molecule is C1#CCCC(N2CCCC2)CC1. The van der Waals surface area contributed by atoms with Gasteiger partial charge in [-0.15, -0.1) is 11.8 Å². The molecule has 0 saturated carbocycles. The first-order valence-electron chi connectivity index (χ1n) is 5.16.